The number of ether oxygens (including phenoxy) is 1. The van der Waals surface area contributed by atoms with Crippen LogP contribution in [0.2, 0.25) is 0 Å². The fraction of sp³-hybridized carbons (Fsp3) is 0.688. The van der Waals surface area contributed by atoms with Gasteiger partial charge in [0.15, 0.2) is 0 Å². The van der Waals surface area contributed by atoms with Gasteiger partial charge in [0.1, 0.15) is 0 Å². The van der Waals surface area contributed by atoms with Gasteiger partial charge < -0.3 is 14.9 Å². The fourth-order valence-electron chi connectivity index (χ4n) is 2.14. The monoisotopic (exact) mass is 282 g/mol. The number of carbonyl (C=O) groups excluding carboxylic acids is 1. The molecule has 114 valence electrons. The third-order valence-electron chi connectivity index (χ3n) is 3.38. The lowest BCUT2D eigenvalue weighted by molar-refractivity contribution is -0.142. The molecule has 0 aromatic heterocycles. The molecule has 0 fully saturated rings. The number of aliphatic hydroxyl groups is 2. The van der Waals surface area contributed by atoms with Gasteiger partial charge in [-0.15, -0.1) is 0 Å². The van der Waals surface area contributed by atoms with Gasteiger partial charge >= 0.3 is 5.97 Å². The number of carbonyl (C=O) groups is 1. The van der Waals surface area contributed by atoms with E-state index in [4.69, 9.17) is 4.74 Å². The Hall–Kier alpha value is -1.13. The van der Waals surface area contributed by atoms with Crippen LogP contribution in [0.4, 0.5) is 0 Å². The van der Waals surface area contributed by atoms with Gasteiger partial charge in [-0.25, -0.2) is 4.79 Å². The van der Waals surface area contributed by atoms with Gasteiger partial charge in [-0.05, 0) is 57.9 Å². The average Bonchev–Trinajstić information content (AvgIpc) is 2.40. The lowest BCUT2D eigenvalue weighted by Gasteiger charge is -2.13. The molecule has 20 heavy (non-hydrogen) atoms. The maximum atomic E-state index is 11.5. The average molecular weight is 282 g/mol. The lowest BCUT2D eigenvalue weighted by Crippen LogP contribution is -2.14. The summed E-state index contributed by atoms with van der Waals surface area (Å²) in [7, 11) is 0. The molecule has 0 amide bonds. The van der Waals surface area contributed by atoms with E-state index in [-0.39, 0.29) is 6.10 Å². The van der Waals surface area contributed by atoms with Crippen LogP contribution in [0.25, 0.3) is 0 Å². The summed E-state index contributed by atoms with van der Waals surface area (Å²) >= 11 is 0. The molecule has 4 heteroatoms. The number of rotatable bonds is 0. The number of allylic oxidation sites excluding steroid dienone is 2. The molecule has 0 aromatic rings. The second-order valence-corrected chi connectivity index (χ2v) is 5.38. The summed E-state index contributed by atoms with van der Waals surface area (Å²) in [5, 5.41) is 19.5. The summed E-state index contributed by atoms with van der Waals surface area (Å²) in [6.45, 7) is 1.88. The van der Waals surface area contributed by atoms with Gasteiger partial charge in [0, 0.05) is 6.08 Å². The highest BCUT2D eigenvalue weighted by Crippen LogP contribution is 2.11. The Balaban J connectivity index is 2.52. The summed E-state index contributed by atoms with van der Waals surface area (Å²) in [6, 6.07) is 0. The molecule has 1 aliphatic rings. The Morgan fingerprint density at radius 3 is 2.65 bits per heavy atom. The second kappa shape index (κ2) is 9.72. The highest BCUT2D eigenvalue weighted by Gasteiger charge is 2.09. The minimum Gasteiger partial charge on any atom is -0.460 e. The molecule has 0 saturated carbocycles. The number of hydrogen-bond acceptors (Lipinski definition) is 4. The standard InChI is InChI=1S/C16H26O4/c1-13-7-5-3-2-4-6-8-14(17)9-10-15(18)11-12-16(19)20-13/h2,4,11-15,17-18H,3,5-10H2,1H3. The van der Waals surface area contributed by atoms with Crippen LogP contribution in [0.5, 0.6) is 0 Å². The fourth-order valence-corrected chi connectivity index (χ4v) is 2.14. The van der Waals surface area contributed by atoms with E-state index in [9.17, 15) is 15.0 Å². The quantitative estimate of drug-likeness (QED) is 0.529. The summed E-state index contributed by atoms with van der Waals surface area (Å²) in [5.74, 6) is -0.417. The predicted molar refractivity (Wildman–Crippen MR) is 78.2 cm³/mol. The van der Waals surface area contributed by atoms with Gasteiger partial charge in [-0.1, -0.05) is 12.2 Å². The zero-order valence-corrected chi connectivity index (χ0v) is 12.2. The van der Waals surface area contributed by atoms with Crippen LogP contribution < -0.4 is 0 Å². The van der Waals surface area contributed by atoms with Crippen LogP contribution in [-0.2, 0) is 9.53 Å². The van der Waals surface area contributed by atoms with Crippen molar-refractivity contribution in [1.29, 1.82) is 0 Å². The van der Waals surface area contributed by atoms with Crippen LogP contribution in [0.1, 0.15) is 51.9 Å². The van der Waals surface area contributed by atoms with E-state index in [1.165, 1.54) is 12.2 Å². The van der Waals surface area contributed by atoms with Crippen molar-refractivity contribution in [2.75, 3.05) is 0 Å². The maximum absolute atomic E-state index is 11.5. The number of hydrogen-bond donors (Lipinski definition) is 2. The Morgan fingerprint density at radius 2 is 1.85 bits per heavy atom. The van der Waals surface area contributed by atoms with Crippen molar-refractivity contribution >= 4 is 5.97 Å². The molecular formula is C16H26O4. The molecule has 3 atom stereocenters. The van der Waals surface area contributed by atoms with E-state index in [0.29, 0.717) is 19.3 Å². The highest BCUT2D eigenvalue weighted by atomic mass is 16.5. The van der Waals surface area contributed by atoms with Crippen molar-refractivity contribution in [3.05, 3.63) is 24.3 Å². The zero-order valence-electron chi connectivity index (χ0n) is 12.2. The van der Waals surface area contributed by atoms with Crippen LogP contribution in [0.15, 0.2) is 24.3 Å². The van der Waals surface area contributed by atoms with Crippen molar-refractivity contribution in [3.8, 4) is 0 Å². The smallest absolute Gasteiger partial charge is 0.330 e. The molecule has 3 unspecified atom stereocenters. The van der Waals surface area contributed by atoms with Crippen LogP contribution in [0, 0.1) is 0 Å². The van der Waals surface area contributed by atoms with Crippen molar-refractivity contribution in [1.82, 2.24) is 0 Å². The van der Waals surface area contributed by atoms with Crippen molar-refractivity contribution in [2.45, 2.75) is 70.2 Å². The van der Waals surface area contributed by atoms with E-state index < -0.39 is 18.2 Å². The molecular weight excluding hydrogens is 256 g/mol. The molecule has 0 aromatic carbocycles. The van der Waals surface area contributed by atoms with Crippen LogP contribution in [0.3, 0.4) is 0 Å². The van der Waals surface area contributed by atoms with E-state index >= 15 is 0 Å². The van der Waals surface area contributed by atoms with Crippen molar-refractivity contribution in [2.24, 2.45) is 0 Å². The van der Waals surface area contributed by atoms with Crippen molar-refractivity contribution < 1.29 is 19.7 Å². The molecule has 0 bridgehead atoms. The molecule has 0 spiro atoms. The predicted octanol–water partition coefficient (Wildman–Crippen LogP) is 2.50. The van der Waals surface area contributed by atoms with Gasteiger partial charge in [-0.2, -0.15) is 0 Å². The first kappa shape index (κ1) is 16.9. The first-order chi connectivity index (χ1) is 9.58. The van der Waals surface area contributed by atoms with Crippen LogP contribution in [-0.4, -0.2) is 34.5 Å². The number of aliphatic hydroxyl groups excluding tert-OH is 2. The molecule has 0 radical (unpaired) electrons. The third kappa shape index (κ3) is 8.12. The Kier molecular flexibility index (Phi) is 8.23. The van der Waals surface area contributed by atoms with Gasteiger partial charge in [0.05, 0.1) is 18.3 Å². The molecule has 1 heterocycles. The minimum atomic E-state index is -0.712. The van der Waals surface area contributed by atoms with E-state index in [1.807, 2.05) is 6.92 Å². The zero-order chi connectivity index (χ0) is 14.8. The van der Waals surface area contributed by atoms with E-state index in [0.717, 1.165) is 25.7 Å². The first-order valence-corrected chi connectivity index (χ1v) is 7.48. The normalized spacial score (nSPS) is 30.9. The Labute approximate surface area is 121 Å². The van der Waals surface area contributed by atoms with E-state index in [2.05, 4.69) is 12.2 Å². The highest BCUT2D eigenvalue weighted by molar-refractivity contribution is 5.82. The summed E-state index contributed by atoms with van der Waals surface area (Å²) in [4.78, 5) is 11.5. The largest absolute Gasteiger partial charge is 0.460 e. The summed E-state index contributed by atoms with van der Waals surface area (Å²) in [6.07, 6.45) is 11.0. The van der Waals surface area contributed by atoms with Gasteiger partial charge in [-0.3, -0.25) is 0 Å². The second-order valence-electron chi connectivity index (χ2n) is 5.38. The van der Waals surface area contributed by atoms with Crippen molar-refractivity contribution in [3.63, 3.8) is 0 Å². The summed E-state index contributed by atoms with van der Waals surface area (Å²) < 4.78 is 5.21. The molecule has 0 saturated heterocycles. The Morgan fingerprint density at radius 1 is 1.10 bits per heavy atom. The molecule has 4 nitrogen and oxygen atoms in total. The number of cyclic esters (lactones) is 1. The molecule has 2 N–H and O–H groups in total. The number of esters is 1. The van der Waals surface area contributed by atoms with Gasteiger partial charge in [0.25, 0.3) is 0 Å². The molecule has 0 aliphatic carbocycles. The molecule has 1 aliphatic heterocycles. The van der Waals surface area contributed by atoms with Crippen LogP contribution >= 0.6 is 0 Å². The molecule has 1 rings (SSSR count). The topological polar surface area (TPSA) is 66.8 Å². The lowest BCUT2D eigenvalue weighted by atomic mass is 10.0. The summed E-state index contributed by atoms with van der Waals surface area (Å²) in [5.41, 5.74) is 0. The first-order valence-electron chi connectivity index (χ1n) is 7.48. The maximum Gasteiger partial charge on any atom is 0.330 e. The Bertz CT molecular complexity index is 335. The minimum absolute atomic E-state index is 0.104. The van der Waals surface area contributed by atoms with E-state index in [1.54, 1.807) is 0 Å². The van der Waals surface area contributed by atoms with Gasteiger partial charge in [0.2, 0.25) is 0 Å². The third-order valence-corrected chi connectivity index (χ3v) is 3.38. The SMILES string of the molecule is CC1CCCC=CCCC(O)CCC(O)C=CC(=O)O1.